The molecular weight excluding hydrogens is 310 g/mol. The smallest absolute Gasteiger partial charge is 0.277 e. The number of nitro groups is 1. The summed E-state index contributed by atoms with van der Waals surface area (Å²) in [5.74, 6) is -0.0523. The van der Waals surface area contributed by atoms with Gasteiger partial charge >= 0.3 is 0 Å². The molecule has 124 valence electrons. The molecule has 0 saturated carbocycles. The van der Waals surface area contributed by atoms with E-state index in [2.05, 4.69) is 10.5 Å². The summed E-state index contributed by atoms with van der Waals surface area (Å²) in [6.07, 6.45) is 1.57. The van der Waals surface area contributed by atoms with Crippen LogP contribution in [0.1, 0.15) is 16.7 Å². The van der Waals surface area contributed by atoms with Gasteiger partial charge in [0.2, 0.25) is 0 Å². The summed E-state index contributed by atoms with van der Waals surface area (Å²) in [5, 5.41) is 14.4. The van der Waals surface area contributed by atoms with Crippen molar-refractivity contribution in [1.29, 1.82) is 0 Å². The zero-order valence-electron chi connectivity index (χ0n) is 13.4. The van der Waals surface area contributed by atoms with Gasteiger partial charge in [-0.1, -0.05) is 23.8 Å². The number of hydrazone groups is 1. The number of nitrogens with one attached hydrogen (secondary N) is 1. The van der Waals surface area contributed by atoms with Gasteiger partial charge in [0.15, 0.2) is 6.61 Å². The van der Waals surface area contributed by atoms with Gasteiger partial charge in [0.25, 0.3) is 11.6 Å². The highest BCUT2D eigenvalue weighted by atomic mass is 16.6. The van der Waals surface area contributed by atoms with Gasteiger partial charge in [0.1, 0.15) is 5.75 Å². The highest BCUT2D eigenvalue weighted by Crippen LogP contribution is 2.17. The number of ether oxygens (including phenoxy) is 1. The molecule has 0 aromatic heterocycles. The molecule has 0 bridgehead atoms. The fourth-order valence-electron chi connectivity index (χ4n) is 1.99. The number of aryl methyl sites for hydroxylation is 2. The van der Waals surface area contributed by atoms with Crippen LogP contribution in [-0.2, 0) is 4.79 Å². The molecule has 0 spiro atoms. The minimum absolute atomic E-state index is 0.0372. The Hall–Kier alpha value is -3.22. The molecule has 2 rings (SSSR count). The highest BCUT2D eigenvalue weighted by molar-refractivity contribution is 5.84. The van der Waals surface area contributed by atoms with E-state index in [0.29, 0.717) is 5.75 Å². The molecule has 0 radical (unpaired) electrons. The highest BCUT2D eigenvalue weighted by Gasteiger charge is 2.06. The monoisotopic (exact) mass is 327 g/mol. The van der Waals surface area contributed by atoms with Crippen molar-refractivity contribution in [3.05, 3.63) is 69.3 Å². The predicted octanol–water partition coefficient (Wildman–Crippen LogP) is 2.74. The van der Waals surface area contributed by atoms with E-state index in [0.717, 1.165) is 16.7 Å². The van der Waals surface area contributed by atoms with Gasteiger partial charge in [-0.3, -0.25) is 14.9 Å². The largest absolute Gasteiger partial charge is 0.484 e. The minimum Gasteiger partial charge on any atom is -0.484 e. The normalized spacial score (nSPS) is 10.6. The maximum atomic E-state index is 11.7. The van der Waals surface area contributed by atoms with Crippen LogP contribution in [0.5, 0.6) is 5.75 Å². The quantitative estimate of drug-likeness (QED) is 0.501. The number of hydrogen-bond donors (Lipinski definition) is 1. The number of hydrogen-bond acceptors (Lipinski definition) is 5. The molecular formula is C17H17N3O4. The maximum Gasteiger partial charge on any atom is 0.277 e. The van der Waals surface area contributed by atoms with Crippen molar-refractivity contribution in [2.75, 3.05) is 6.61 Å². The lowest BCUT2D eigenvalue weighted by Crippen LogP contribution is -2.24. The molecule has 1 amide bonds. The van der Waals surface area contributed by atoms with Gasteiger partial charge in [-0.2, -0.15) is 5.10 Å². The second kappa shape index (κ2) is 7.87. The van der Waals surface area contributed by atoms with Crippen LogP contribution in [-0.4, -0.2) is 23.7 Å². The molecule has 1 N–H and O–H groups in total. The van der Waals surface area contributed by atoms with Crippen molar-refractivity contribution in [3.8, 4) is 5.75 Å². The lowest BCUT2D eigenvalue weighted by molar-refractivity contribution is -0.384. The Labute approximate surface area is 139 Å². The lowest BCUT2D eigenvalue weighted by atomic mass is 10.1. The van der Waals surface area contributed by atoms with E-state index < -0.39 is 10.8 Å². The molecule has 7 heteroatoms. The van der Waals surface area contributed by atoms with E-state index in [4.69, 9.17) is 4.74 Å². The first-order valence-corrected chi connectivity index (χ1v) is 7.22. The first kappa shape index (κ1) is 17.1. The maximum absolute atomic E-state index is 11.7. The van der Waals surface area contributed by atoms with Crippen molar-refractivity contribution in [2.45, 2.75) is 13.8 Å². The van der Waals surface area contributed by atoms with E-state index in [1.165, 1.54) is 24.3 Å². The van der Waals surface area contributed by atoms with Gasteiger partial charge < -0.3 is 4.74 Å². The molecule has 0 heterocycles. The molecule has 2 aromatic carbocycles. The summed E-state index contributed by atoms with van der Waals surface area (Å²) >= 11 is 0. The van der Waals surface area contributed by atoms with E-state index in [9.17, 15) is 14.9 Å². The van der Waals surface area contributed by atoms with Crippen molar-refractivity contribution in [2.24, 2.45) is 5.10 Å². The van der Waals surface area contributed by atoms with Crippen LogP contribution in [0.15, 0.2) is 47.6 Å². The van der Waals surface area contributed by atoms with Gasteiger partial charge in [-0.05, 0) is 37.1 Å². The van der Waals surface area contributed by atoms with Gasteiger partial charge in [0, 0.05) is 12.1 Å². The van der Waals surface area contributed by atoms with Crippen molar-refractivity contribution < 1.29 is 14.5 Å². The van der Waals surface area contributed by atoms with E-state index in [-0.39, 0.29) is 12.3 Å². The molecule has 0 atom stereocenters. The molecule has 24 heavy (non-hydrogen) atoms. The Morgan fingerprint density at radius 1 is 1.25 bits per heavy atom. The van der Waals surface area contributed by atoms with Crippen molar-refractivity contribution >= 4 is 17.8 Å². The van der Waals surface area contributed by atoms with Crippen LogP contribution in [0, 0.1) is 24.0 Å². The fraction of sp³-hybridized carbons (Fsp3) is 0.176. The molecule has 7 nitrogen and oxygen atoms in total. The molecule has 2 aromatic rings. The summed E-state index contributed by atoms with van der Waals surface area (Å²) in [6, 6.07) is 11.4. The summed E-state index contributed by atoms with van der Waals surface area (Å²) in [5.41, 5.74) is 5.47. The molecule has 0 aliphatic heterocycles. The van der Waals surface area contributed by atoms with Crippen molar-refractivity contribution in [3.63, 3.8) is 0 Å². The second-order valence-electron chi connectivity index (χ2n) is 5.19. The summed E-state index contributed by atoms with van der Waals surface area (Å²) in [6.45, 7) is 3.74. The summed E-state index contributed by atoms with van der Waals surface area (Å²) < 4.78 is 5.24. The fourth-order valence-corrected chi connectivity index (χ4v) is 1.99. The topological polar surface area (TPSA) is 93.8 Å². The van der Waals surface area contributed by atoms with Crippen LogP contribution < -0.4 is 10.2 Å². The van der Waals surface area contributed by atoms with Crippen LogP contribution in [0.3, 0.4) is 0 Å². The summed E-state index contributed by atoms with van der Waals surface area (Å²) in [7, 11) is 0. The Morgan fingerprint density at radius 2 is 1.96 bits per heavy atom. The Kier molecular flexibility index (Phi) is 5.62. The average Bonchev–Trinajstić information content (AvgIpc) is 2.55. The Bertz CT molecular complexity index is 770. The van der Waals surface area contributed by atoms with Gasteiger partial charge in [0.05, 0.1) is 11.1 Å². The number of rotatable bonds is 6. The number of carbonyl (C=O) groups is 1. The average molecular weight is 327 g/mol. The van der Waals surface area contributed by atoms with Crippen LogP contribution in [0.4, 0.5) is 5.69 Å². The zero-order chi connectivity index (χ0) is 17.5. The lowest BCUT2D eigenvalue weighted by Gasteiger charge is -2.05. The van der Waals surface area contributed by atoms with Crippen LogP contribution >= 0.6 is 0 Å². The first-order chi connectivity index (χ1) is 11.5. The number of benzene rings is 2. The molecule has 0 saturated heterocycles. The van der Waals surface area contributed by atoms with Crippen LogP contribution in [0.25, 0.3) is 0 Å². The third-order valence-corrected chi connectivity index (χ3v) is 3.24. The molecule has 0 fully saturated rings. The number of carbonyl (C=O) groups excluding carboxylic acids is 1. The van der Waals surface area contributed by atoms with Crippen molar-refractivity contribution in [1.82, 2.24) is 5.43 Å². The van der Waals surface area contributed by atoms with Gasteiger partial charge in [-0.15, -0.1) is 0 Å². The number of nitro benzene ring substituents is 1. The molecule has 0 aliphatic rings. The van der Waals surface area contributed by atoms with Gasteiger partial charge in [-0.25, -0.2) is 5.43 Å². The van der Waals surface area contributed by atoms with E-state index in [1.807, 2.05) is 32.0 Å². The Balaban J connectivity index is 1.82. The first-order valence-electron chi connectivity index (χ1n) is 7.22. The van der Waals surface area contributed by atoms with Crippen LogP contribution in [0.2, 0.25) is 0 Å². The predicted molar refractivity (Wildman–Crippen MR) is 90.2 cm³/mol. The van der Waals surface area contributed by atoms with E-state index in [1.54, 1.807) is 6.21 Å². The second-order valence-corrected chi connectivity index (χ2v) is 5.19. The minimum atomic E-state index is -0.502. The molecule has 0 unspecified atom stereocenters. The third kappa shape index (κ3) is 4.91. The molecule has 0 aliphatic carbocycles. The number of nitrogens with zero attached hydrogens (tertiary/aromatic N) is 2. The number of non-ortho nitro benzene ring substituents is 1. The number of amides is 1. The standard InChI is InChI=1S/C17H17N3O4/c1-12-3-4-14(13(2)9-12)10-18-19-17(21)11-24-16-7-5-15(6-8-16)20(22)23/h3-10H,11H2,1-2H3,(H,19,21)/b18-10+. The summed E-state index contributed by atoms with van der Waals surface area (Å²) in [4.78, 5) is 21.7. The zero-order valence-corrected chi connectivity index (χ0v) is 13.4. The van der Waals surface area contributed by atoms with E-state index >= 15 is 0 Å². The SMILES string of the molecule is Cc1ccc(/C=N/NC(=O)COc2ccc([N+](=O)[O-])cc2)c(C)c1. The Morgan fingerprint density at radius 3 is 2.58 bits per heavy atom. The third-order valence-electron chi connectivity index (χ3n) is 3.24.